The number of nitrogens with one attached hydrogen (secondary N) is 1. The Morgan fingerprint density at radius 3 is 2.61 bits per heavy atom. The first-order valence-electron chi connectivity index (χ1n) is 6.74. The lowest BCUT2D eigenvalue weighted by atomic mass is 10.3. The number of hydrogen-bond acceptors (Lipinski definition) is 5. The molecular formula is C15H12FN5OS. The van der Waals surface area contributed by atoms with Crippen molar-refractivity contribution in [3.63, 3.8) is 0 Å². The second-order valence-corrected chi connectivity index (χ2v) is 5.50. The van der Waals surface area contributed by atoms with Gasteiger partial charge in [0, 0.05) is 5.69 Å². The Bertz CT molecular complexity index is 791. The van der Waals surface area contributed by atoms with Crippen molar-refractivity contribution in [1.29, 1.82) is 0 Å². The topological polar surface area (TPSA) is 72.7 Å². The van der Waals surface area contributed by atoms with Gasteiger partial charge in [0.15, 0.2) is 0 Å². The Morgan fingerprint density at radius 2 is 1.87 bits per heavy atom. The van der Waals surface area contributed by atoms with Crippen molar-refractivity contribution in [2.45, 2.75) is 5.16 Å². The first kappa shape index (κ1) is 15.2. The summed E-state index contributed by atoms with van der Waals surface area (Å²) in [5.41, 5.74) is 1.36. The number of amides is 1. The molecule has 1 N–H and O–H groups in total. The van der Waals surface area contributed by atoms with Crippen LogP contribution in [0.25, 0.3) is 5.69 Å². The molecule has 0 fully saturated rings. The van der Waals surface area contributed by atoms with Crippen molar-refractivity contribution in [1.82, 2.24) is 20.2 Å². The van der Waals surface area contributed by atoms with E-state index in [1.54, 1.807) is 12.1 Å². The largest absolute Gasteiger partial charge is 0.325 e. The number of benzene rings is 2. The Morgan fingerprint density at radius 1 is 1.13 bits per heavy atom. The molecule has 0 unspecified atom stereocenters. The quantitative estimate of drug-likeness (QED) is 0.728. The zero-order valence-corrected chi connectivity index (χ0v) is 12.7. The monoisotopic (exact) mass is 329 g/mol. The summed E-state index contributed by atoms with van der Waals surface area (Å²) in [4.78, 5) is 11.9. The third kappa shape index (κ3) is 3.92. The van der Waals surface area contributed by atoms with Gasteiger partial charge in [-0.05, 0) is 46.8 Å². The molecule has 3 aromatic rings. The third-order valence-electron chi connectivity index (χ3n) is 2.90. The molecule has 0 saturated carbocycles. The van der Waals surface area contributed by atoms with Crippen molar-refractivity contribution in [2.75, 3.05) is 11.1 Å². The van der Waals surface area contributed by atoms with E-state index in [-0.39, 0.29) is 17.5 Å². The maximum Gasteiger partial charge on any atom is 0.234 e. The Kier molecular flexibility index (Phi) is 4.62. The number of nitrogens with zero attached hydrogens (tertiary/aromatic N) is 4. The first-order chi connectivity index (χ1) is 11.2. The lowest BCUT2D eigenvalue weighted by Crippen LogP contribution is -2.14. The minimum absolute atomic E-state index is 0.158. The van der Waals surface area contributed by atoms with E-state index in [1.165, 1.54) is 28.6 Å². The molecular weight excluding hydrogens is 317 g/mol. The number of halogens is 1. The SMILES string of the molecule is O=C(CSc1nnnn1-c1ccc(F)cc1)Nc1ccccc1. The van der Waals surface area contributed by atoms with E-state index in [9.17, 15) is 9.18 Å². The van der Waals surface area contributed by atoms with Gasteiger partial charge in [0.1, 0.15) is 5.82 Å². The van der Waals surface area contributed by atoms with E-state index in [0.29, 0.717) is 10.8 Å². The van der Waals surface area contributed by atoms with Gasteiger partial charge in [-0.2, -0.15) is 4.68 Å². The Balaban J connectivity index is 1.64. The van der Waals surface area contributed by atoms with Crippen LogP contribution in [0.15, 0.2) is 59.8 Å². The minimum atomic E-state index is -0.335. The molecule has 0 bridgehead atoms. The molecule has 3 rings (SSSR count). The van der Waals surface area contributed by atoms with Crippen LogP contribution in [0.1, 0.15) is 0 Å². The predicted octanol–water partition coefficient (Wildman–Crippen LogP) is 2.53. The summed E-state index contributed by atoms with van der Waals surface area (Å²) in [7, 11) is 0. The number of tetrazole rings is 1. The molecule has 116 valence electrons. The summed E-state index contributed by atoms with van der Waals surface area (Å²) >= 11 is 1.20. The average Bonchev–Trinajstić information content (AvgIpc) is 3.03. The van der Waals surface area contributed by atoms with Crippen LogP contribution in [0.4, 0.5) is 10.1 Å². The van der Waals surface area contributed by atoms with Crippen LogP contribution in [0, 0.1) is 5.82 Å². The summed E-state index contributed by atoms with van der Waals surface area (Å²) in [6.45, 7) is 0. The van der Waals surface area contributed by atoms with Crippen LogP contribution in [-0.2, 0) is 4.79 Å². The molecule has 0 saturated heterocycles. The molecule has 1 amide bonds. The fourth-order valence-corrected chi connectivity index (χ4v) is 2.55. The van der Waals surface area contributed by atoms with Gasteiger partial charge in [0.25, 0.3) is 0 Å². The van der Waals surface area contributed by atoms with Crippen molar-refractivity contribution >= 4 is 23.4 Å². The van der Waals surface area contributed by atoms with E-state index in [4.69, 9.17) is 0 Å². The number of aromatic nitrogens is 4. The molecule has 1 heterocycles. The highest BCUT2D eigenvalue weighted by atomic mass is 32.2. The minimum Gasteiger partial charge on any atom is -0.325 e. The van der Waals surface area contributed by atoms with Crippen molar-refractivity contribution in [2.24, 2.45) is 0 Å². The average molecular weight is 329 g/mol. The van der Waals surface area contributed by atoms with Crippen LogP contribution < -0.4 is 5.32 Å². The molecule has 0 atom stereocenters. The van der Waals surface area contributed by atoms with Gasteiger partial charge in [0.2, 0.25) is 11.1 Å². The van der Waals surface area contributed by atoms with Gasteiger partial charge in [-0.15, -0.1) is 5.10 Å². The number of carbonyl (C=O) groups is 1. The molecule has 8 heteroatoms. The number of hydrogen-bond donors (Lipinski definition) is 1. The highest BCUT2D eigenvalue weighted by molar-refractivity contribution is 7.99. The van der Waals surface area contributed by atoms with Crippen LogP contribution in [0.3, 0.4) is 0 Å². The standard InChI is InChI=1S/C15H12FN5OS/c16-11-6-8-13(9-7-11)21-15(18-19-20-21)23-10-14(22)17-12-4-2-1-3-5-12/h1-9H,10H2,(H,17,22). The van der Waals surface area contributed by atoms with E-state index in [0.717, 1.165) is 5.69 Å². The van der Waals surface area contributed by atoms with Crippen LogP contribution >= 0.6 is 11.8 Å². The number of thioether (sulfide) groups is 1. The maximum atomic E-state index is 13.0. The summed E-state index contributed by atoms with van der Waals surface area (Å²) < 4.78 is 14.4. The lowest BCUT2D eigenvalue weighted by molar-refractivity contribution is -0.113. The Labute approximate surface area is 135 Å². The summed E-state index contributed by atoms with van der Waals surface area (Å²) in [6, 6.07) is 15.0. The van der Waals surface area contributed by atoms with Gasteiger partial charge in [-0.25, -0.2) is 4.39 Å². The fourth-order valence-electron chi connectivity index (χ4n) is 1.86. The molecule has 0 radical (unpaired) electrons. The van der Waals surface area contributed by atoms with Gasteiger partial charge < -0.3 is 5.32 Å². The molecule has 6 nitrogen and oxygen atoms in total. The highest BCUT2D eigenvalue weighted by Crippen LogP contribution is 2.18. The zero-order valence-electron chi connectivity index (χ0n) is 11.9. The summed E-state index contributed by atoms with van der Waals surface area (Å²) in [6.07, 6.45) is 0. The first-order valence-corrected chi connectivity index (χ1v) is 7.73. The molecule has 1 aromatic heterocycles. The van der Waals surface area contributed by atoms with Crippen molar-refractivity contribution < 1.29 is 9.18 Å². The maximum absolute atomic E-state index is 13.0. The van der Waals surface area contributed by atoms with Crippen molar-refractivity contribution in [3.8, 4) is 5.69 Å². The second-order valence-electron chi connectivity index (χ2n) is 4.55. The van der Waals surface area contributed by atoms with Gasteiger partial charge in [-0.1, -0.05) is 30.0 Å². The highest BCUT2D eigenvalue weighted by Gasteiger charge is 2.11. The fraction of sp³-hybridized carbons (Fsp3) is 0.0667. The molecule has 0 aliphatic heterocycles. The summed E-state index contributed by atoms with van der Waals surface area (Å²) in [5.74, 6) is -0.329. The normalized spacial score (nSPS) is 10.5. The van der Waals surface area contributed by atoms with Gasteiger partial charge in [-0.3, -0.25) is 4.79 Å². The van der Waals surface area contributed by atoms with Crippen LogP contribution in [-0.4, -0.2) is 31.9 Å². The Hall–Kier alpha value is -2.74. The molecule has 0 aliphatic rings. The second kappa shape index (κ2) is 7.01. The molecule has 23 heavy (non-hydrogen) atoms. The smallest absolute Gasteiger partial charge is 0.234 e. The summed E-state index contributed by atoms with van der Waals surface area (Å²) in [5, 5.41) is 14.6. The molecule has 2 aromatic carbocycles. The van der Waals surface area contributed by atoms with Gasteiger partial charge >= 0.3 is 0 Å². The molecule has 0 spiro atoms. The third-order valence-corrected chi connectivity index (χ3v) is 3.82. The van der Waals surface area contributed by atoms with E-state index in [2.05, 4.69) is 20.8 Å². The number of para-hydroxylation sites is 1. The van der Waals surface area contributed by atoms with Gasteiger partial charge in [0.05, 0.1) is 11.4 Å². The number of anilines is 1. The number of carbonyl (C=O) groups excluding carboxylic acids is 1. The zero-order chi connectivity index (χ0) is 16.1. The van der Waals surface area contributed by atoms with Crippen LogP contribution in [0.5, 0.6) is 0 Å². The predicted molar refractivity (Wildman–Crippen MR) is 84.9 cm³/mol. The lowest BCUT2D eigenvalue weighted by Gasteiger charge is -2.05. The van der Waals surface area contributed by atoms with Crippen molar-refractivity contribution in [3.05, 3.63) is 60.4 Å². The van der Waals surface area contributed by atoms with E-state index < -0.39 is 0 Å². The van der Waals surface area contributed by atoms with E-state index in [1.807, 2.05) is 30.3 Å². The van der Waals surface area contributed by atoms with Crippen LogP contribution in [0.2, 0.25) is 0 Å². The number of rotatable bonds is 5. The van der Waals surface area contributed by atoms with E-state index >= 15 is 0 Å². The molecule has 0 aliphatic carbocycles.